The molecule has 3 heteroatoms. The van der Waals surface area contributed by atoms with Crippen molar-refractivity contribution in [1.82, 2.24) is 5.32 Å². The lowest BCUT2D eigenvalue weighted by molar-refractivity contribution is -0.148. The van der Waals surface area contributed by atoms with Crippen molar-refractivity contribution in [2.24, 2.45) is 10.8 Å². The number of carbonyl (C=O) groups is 1. The summed E-state index contributed by atoms with van der Waals surface area (Å²) in [6, 6.07) is 0.373. The molecule has 1 N–H and O–H groups in total. The van der Waals surface area contributed by atoms with Crippen LogP contribution in [0.5, 0.6) is 0 Å². The first-order valence-corrected chi connectivity index (χ1v) is 6.84. The molecule has 0 amide bonds. The maximum atomic E-state index is 11.7. The van der Waals surface area contributed by atoms with Crippen LogP contribution in [-0.4, -0.2) is 24.7 Å². The Hall–Kier alpha value is -0.570. The number of hydrogen-bond acceptors (Lipinski definition) is 3. The average molecular weight is 255 g/mol. The van der Waals surface area contributed by atoms with Crippen LogP contribution < -0.4 is 5.32 Å². The Morgan fingerprint density at radius 1 is 1.17 bits per heavy atom. The number of nitrogens with one attached hydrogen (secondary N) is 1. The molecule has 0 aromatic rings. The minimum Gasteiger partial charge on any atom is -0.468 e. The lowest BCUT2D eigenvalue weighted by Gasteiger charge is -2.47. The molecule has 0 spiro atoms. The van der Waals surface area contributed by atoms with Crippen molar-refractivity contribution in [3.05, 3.63) is 0 Å². The zero-order valence-corrected chi connectivity index (χ0v) is 13.0. The smallest absolute Gasteiger partial charge is 0.325 e. The van der Waals surface area contributed by atoms with Gasteiger partial charge in [0, 0.05) is 6.04 Å². The Balaban J connectivity index is 2.76. The first-order chi connectivity index (χ1) is 7.97. The second-order valence-electron chi connectivity index (χ2n) is 7.87. The van der Waals surface area contributed by atoms with Gasteiger partial charge < -0.3 is 4.74 Å². The summed E-state index contributed by atoms with van der Waals surface area (Å²) in [6.07, 6.45) is 3.45. The standard InChI is InChI=1S/C15H29NO2/c1-13(2)8-11(9-14(3,4)10-13)16-15(5,6)12(17)18-7/h11,16H,8-10H2,1-7H3. The molecule has 18 heavy (non-hydrogen) atoms. The normalized spacial score (nSPS) is 23.7. The molecule has 1 rings (SSSR count). The van der Waals surface area contributed by atoms with Crippen molar-refractivity contribution >= 4 is 5.97 Å². The van der Waals surface area contributed by atoms with Crippen LogP contribution in [0.2, 0.25) is 0 Å². The van der Waals surface area contributed by atoms with E-state index in [9.17, 15) is 4.79 Å². The van der Waals surface area contributed by atoms with Gasteiger partial charge in [0.25, 0.3) is 0 Å². The van der Waals surface area contributed by atoms with Crippen molar-refractivity contribution in [2.75, 3.05) is 7.11 Å². The minimum atomic E-state index is -0.608. The Labute approximate surface area is 112 Å². The fraction of sp³-hybridized carbons (Fsp3) is 0.933. The highest BCUT2D eigenvalue weighted by Gasteiger charge is 2.41. The number of rotatable bonds is 3. The van der Waals surface area contributed by atoms with Crippen LogP contribution in [0.3, 0.4) is 0 Å². The molecule has 1 aliphatic rings. The molecule has 0 saturated heterocycles. The molecule has 0 aromatic heterocycles. The summed E-state index contributed by atoms with van der Waals surface area (Å²) in [5.41, 5.74) is 0.0418. The van der Waals surface area contributed by atoms with Crippen LogP contribution in [0, 0.1) is 10.8 Å². The van der Waals surface area contributed by atoms with Gasteiger partial charge in [-0.25, -0.2) is 0 Å². The molecule has 0 aromatic carbocycles. The fourth-order valence-corrected chi connectivity index (χ4v) is 3.77. The van der Waals surface area contributed by atoms with Crippen LogP contribution >= 0.6 is 0 Å². The predicted molar refractivity (Wildman–Crippen MR) is 74.4 cm³/mol. The Morgan fingerprint density at radius 2 is 1.61 bits per heavy atom. The van der Waals surface area contributed by atoms with E-state index in [0.29, 0.717) is 16.9 Å². The molecular weight excluding hydrogens is 226 g/mol. The quantitative estimate of drug-likeness (QED) is 0.787. The van der Waals surface area contributed by atoms with Gasteiger partial charge in [-0.15, -0.1) is 0 Å². The Kier molecular flexibility index (Phi) is 4.16. The van der Waals surface area contributed by atoms with Crippen molar-refractivity contribution in [2.45, 2.75) is 72.4 Å². The number of esters is 1. The monoisotopic (exact) mass is 255 g/mol. The summed E-state index contributed by atoms with van der Waals surface area (Å²) >= 11 is 0. The van der Waals surface area contributed by atoms with Gasteiger partial charge in [0.15, 0.2) is 0 Å². The van der Waals surface area contributed by atoms with E-state index in [-0.39, 0.29) is 5.97 Å². The van der Waals surface area contributed by atoms with Gasteiger partial charge in [-0.3, -0.25) is 10.1 Å². The minimum absolute atomic E-state index is 0.191. The van der Waals surface area contributed by atoms with Crippen molar-refractivity contribution in [3.63, 3.8) is 0 Å². The molecule has 1 saturated carbocycles. The highest BCUT2D eigenvalue weighted by Crippen LogP contribution is 2.46. The molecule has 1 aliphatic carbocycles. The van der Waals surface area contributed by atoms with E-state index >= 15 is 0 Å². The molecule has 0 unspecified atom stereocenters. The molecule has 0 heterocycles. The summed E-state index contributed by atoms with van der Waals surface area (Å²) in [5.74, 6) is -0.191. The molecule has 0 radical (unpaired) electrons. The summed E-state index contributed by atoms with van der Waals surface area (Å²) in [6.45, 7) is 13.0. The largest absolute Gasteiger partial charge is 0.468 e. The molecule has 0 atom stereocenters. The molecule has 3 nitrogen and oxygen atoms in total. The van der Waals surface area contributed by atoms with E-state index in [1.807, 2.05) is 13.8 Å². The number of methoxy groups -OCH3 is 1. The maximum Gasteiger partial charge on any atom is 0.325 e. The third-order valence-corrected chi connectivity index (χ3v) is 3.82. The topological polar surface area (TPSA) is 38.3 Å². The third kappa shape index (κ3) is 3.98. The van der Waals surface area contributed by atoms with Gasteiger partial charge in [-0.2, -0.15) is 0 Å². The highest BCUT2D eigenvalue weighted by molar-refractivity contribution is 5.79. The Bertz CT molecular complexity index is 302. The first-order valence-electron chi connectivity index (χ1n) is 6.84. The number of carbonyl (C=O) groups excluding carboxylic acids is 1. The zero-order chi connectivity index (χ0) is 14.2. The molecule has 0 aliphatic heterocycles. The van der Waals surface area contributed by atoms with Crippen molar-refractivity contribution in [1.29, 1.82) is 0 Å². The van der Waals surface area contributed by atoms with E-state index in [0.717, 1.165) is 12.8 Å². The van der Waals surface area contributed by atoms with Gasteiger partial charge in [-0.05, 0) is 43.9 Å². The lowest BCUT2D eigenvalue weighted by atomic mass is 9.63. The van der Waals surface area contributed by atoms with Gasteiger partial charge >= 0.3 is 5.97 Å². The van der Waals surface area contributed by atoms with Crippen LogP contribution in [0.4, 0.5) is 0 Å². The molecular formula is C15H29NO2. The van der Waals surface area contributed by atoms with E-state index < -0.39 is 5.54 Å². The fourth-order valence-electron chi connectivity index (χ4n) is 3.77. The first kappa shape index (κ1) is 15.5. The summed E-state index contributed by atoms with van der Waals surface area (Å²) in [7, 11) is 1.44. The van der Waals surface area contributed by atoms with Crippen LogP contribution in [0.15, 0.2) is 0 Å². The second-order valence-corrected chi connectivity index (χ2v) is 7.87. The summed E-state index contributed by atoms with van der Waals surface area (Å²) in [4.78, 5) is 11.7. The highest BCUT2D eigenvalue weighted by atomic mass is 16.5. The van der Waals surface area contributed by atoms with E-state index in [2.05, 4.69) is 33.0 Å². The van der Waals surface area contributed by atoms with Gasteiger partial charge in [0.05, 0.1) is 7.11 Å². The SMILES string of the molecule is COC(=O)C(C)(C)NC1CC(C)(C)CC(C)(C)C1. The third-order valence-electron chi connectivity index (χ3n) is 3.82. The number of ether oxygens (including phenoxy) is 1. The van der Waals surface area contributed by atoms with Crippen LogP contribution in [-0.2, 0) is 9.53 Å². The van der Waals surface area contributed by atoms with Gasteiger partial charge in [-0.1, -0.05) is 27.7 Å². The zero-order valence-electron chi connectivity index (χ0n) is 13.0. The van der Waals surface area contributed by atoms with E-state index in [4.69, 9.17) is 4.74 Å². The lowest BCUT2D eigenvalue weighted by Crippen LogP contribution is -2.55. The van der Waals surface area contributed by atoms with Crippen molar-refractivity contribution < 1.29 is 9.53 Å². The molecule has 1 fully saturated rings. The van der Waals surface area contributed by atoms with E-state index in [1.165, 1.54) is 13.5 Å². The molecule has 106 valence electrons. The van der Waals surface area contributed by atoms with Gasteiger partial charge in [0.2, 0.25) is 0 Å². The average Bonchev–Trinajstić information content (AvgIpc) is 2.09. The number of hydrogen-bond donors (Lipinski definition) is 1. The molecule has 0 bridgehead atoms. The predicted octanol–water partition coefficient (Wildman–Crippen LogP) is 3.13. The summed E-state index contributed by atoms with van der Waals surface area (Å²) in [5, 5.41) is 3.48. The maximum absolute atomic E-state index is 11.7. The van der Waals surface area contributed by atoms with Gasteiger partial charge in [0.1, 0.15) is 5.54 Å². The van der Waals surface area contributed by atoms with Crippen LogP contribution in [0.1, 0.15) is 60.8 Å². The van der Waals surface area contributed by atoms with Crippen molar-refractivity contribution in [3.8, 4) is 0 Å². The van der Waals surface area contributed by atoms with E-state index in [1.54, 1.807) is 0 Å². The summed E-state index contributed by atoms with van der Waals surface area (Å²) < 4.78 is 4.86. The second kappa shape index (κ2) is 4.84. The van der Waals surface area contributed by atoms with Crippen LogP contribution in [0.25, 0.3) is 0 Å². The Morgan fingerprint density at radius 3 is 2.00 bits per heavy atom.